The van der Waals surface area contributed by atoms with Crippen LogP contribution in [0.15, 0.2) is 11.4 Å². The zero-order chi connectivity index (χ0) is 24.9. The maximum Gasteiger partial charge on any atom is 0.271 e. The van der Waals surface area contributed by atoms with Crippen LogP contribution in [0.1, 0.15) is 49.0 Å². The number of nitrogens with one attached hydrogen (secondary N) is 3. The van der Waals surface area contributed by atoms with Crippen molar-refractivity contribution in [1.29, 1.82) is 5.26 Å². The fraction of sp³-hybridized carbons (Fsp3) is 0.565. The van der Waals surface area contributed by atoms with Gasteiger partial charge in [0, 0.05) is 30.3 Å². The van der Waals surface area contributed by atoms with E-state index in [4.69, 9.17) is 11.6 Å². The lowest BCUT2D eigenvalue weighted by Gasteiger charge is -2.53. The lowest BCUT2D eigenvalue weighted by atomic mass is 9.71. The Balaban J connectivity index is 1.40. The van der Waals surface area contributed by atoms with Crippen molar-refractivity contribution >= 4 is 50.9 Å². The lowest BCUT2D eigenvalue weighted by Crippen LogP contribution is -2.68. The predicted molar refractivity (Wildman–Crippen MR) is 125 cm³/mol. The summed E-state index contributed by atoms with van der Waals surface area (Å²) >= 11 is 7.50. The maximum absolute atomic E-state index is 14.9. The Kier molecular flexibility index (Phi) is 6.21. The zero-order valence-corrected chi connectivity index (χ0v) is 20.2. The first-order chi connectivity index (χ1) is 16.7. The van der Waals surface area contributed by atoms with Crippen LogP contribution in [0.25, 0.3) is 10.2 Å². The van der Waals surface area contributed by atoms with Crippen LogP contribution < -0.4 is 10.6 Å². The summed E-state index contributed by atoms with van der Waals surface area (Å²) < 4.78 is 30.6. The number of fused-ring (bicyclic) bond motifs is 4. The lowest BCUT2D eigenvalue weighted by molar-refractivity contribution is -0.179. The van der Waals surface area contributed by atoms with Gasteiger partial charge in [-0.2, -0.15) is 5.26 Å². The number of nitriles is 1. The molecule has 0 radical (unpaired) electrons. The van der Waals surface area contributed by atoms with E-state index < -0.39 is 54.1 Å². The summed E-state index contributed by atoms with van der Waals surface area (Å²) in [5.41, 5.74) is 0.766. The van der Waals surface area contributed by atoms with Gasteiger partial charge in [-0.15, -0.1) is 11.3 Å². The molecule has 3 amide bonds. The van der Waals surface area contributed by atoms with Gasteiger partial charge >= 0.3 is 0 Å². The van der Waals surface area contributed by atoms with Crippen molar-refractivity contribution in [3.63, 3.8) is 0 Å². The average molecular weight is 524 g/mol. The molecule has 3 saturated heterocycles. The topological polar surface area (TPSA) is 118 Å². The molecule has 3 aliphatic heterocycles. The van der Waals surface area contributed by atoms with Crippen molar-refractivity contribution in [2.75, 3.05) is 6.54 Å². The highest BCUT2D eigenvalue weighted by Crippen LogP contribution is 2.49. The molecule has 1 aliphatic carbocycles. The van der Waals surface area contributed by atoms with Crippen molar-refractivity contribution in [3.05, 3.63) is 22.2 Å². The SMILES string of the molecule is N#C[C@@H](C[C@@H]1CCCNC1=O)NC(=O)[C@H]1[C@@H]2CC[C@@H](CC2(F)F)N1C(=O)c1cc2scc(Cl)c2[nH]1. The van der Waals surface area contributed by atoms with Gasteiger partial charge in [0.1, 0.15) is 17.8 Å². The van der Waals surface area contributed by atoms with Gasteiger partial charge in [-0.05, 0) is 38.2 Å². The average Bonchev–Trinajstić information content (AvgIpc) is 3.40. The molecule has 5 heterocycles. The number of rotatable bonds is 5. The number of aromatic amines is 1. The molecule has 0 aromatic carbocycles. The van der Waals surface area contributed by atoms with Crippen LogP contribution in [-0.2, 0) is 9.59 Å². The number of aromatic nitrogens is 1. The fourth-order valence-corrected chi connectivity index (χ4v) is 6.83. The standard InChI is InChI=1S/C23H24ClF2N5O3S/c24-15-10-35-17-7-16(30-18(15)17)22(34)31-13-3-4-14(23(25,26)8-13)19(31)21(33)29-12(9-27)6-11-2-1-5-28-20(11)32/h7,10-14,19,30H,1-6,8H2,(H,28,32)(H,29,33)/t11-,12+,13-,14-,19+/m0/s1. The van der Waals surface area contributed by atoms with E-state index in [-0.39, 0.29) is 24.4 Å². The molecule has 35 heavy (non-hydrogen) atoms. The first kappa shape index (κ1) is 24.0. The number of halogens is 3. The highest BCUT2D eigenvalue weighted by molar-refractivity contribution is 7.17. The van der Waals surface area contributed by atoms with Crippen LogP contribution in [0, 0.1) is 23.2 Å². The van der Waals surface area contributed by atoms with E-state index in [2.05, 4.69) is 15.6 Å². The Hall–Kier alpha value is -2.71. The second-order valence-electron chi connectivity index (χ2n) is 9.52. The Morgan fingerprint density at radius 1 is 1.37 bits per heavy atom. The minimum Gasteiger partial charge on any atom is -0.356 e. The number of nitrogens with zero attached hydrogens (tertiary/aromatic N) is 2. The second-order valence-corrected chi connectivity index (χ2v) is 10.8. The first-order valence-electron chi connectivity index (χ1n) is 11.6. The molecule has 1 saturated carbocycles. The summed E-state index contributed by atoms with van der Waals surface area (Å²) in [6, 6.07) is 0.338. The van der Waals surface area contributed by atoms with Crippen molar-refractivity contribution < 1.29 is 23.2 Å². The van der Waals surface area contributed by atoms with Crippen LogP contribution in [0.3, 0.4) is 0 Å². The molecule has 3 N–H and O–H groups in total. The van der Waals surface area contributed by atoms with Crippen LogP contribution >= 0.6 is 22.9 Å². The molecular weight excluding hydrogens is 500 g/mol. The van der Waals surface area contributed by atoms with Crippen LogP contribution in [0.5, 0.6) is 0 Å². The molecule has 186 valence electrons. The monoisotopic (exact) mass is 523 g/mol. The van der Waals surface area contributed by atoms with Crippen molar-refractivity contribution in [2.45, 2.75) is 62.6 Å². The quantitative estimate of drug-likeness (QED) is 0.556. The predicted octanol–water partition coefficient (Wildman–Crippen LogP) is 3.44. The number of carbonyl (C=O) groups is 3. The minimum atomic E-state index is -3.10. The van der Waals surface area contributed by atoms with Crippen LogP contribution in [0.4, 0.5) is 8.78 Å². The molecule has 5 atom stereocenters. The molecule has 4 fully saturated rings. The summed E-state index contributed by atoms with van der Waals surface area (Å²) in [7, 11) is 0. The maximum atomic E-state index is 14.9. The summed E-state index contributed by atoms with van der Waals surface area (Å²) in [4.78, 5) is 43.2. The van der Waals surface area contributed by atoms with E-state index in [1.54, 1.807) is 11.4 Å². The molecule has 6 rings (SSSR count). The van der Waals surface area contributed by atoms with Crippen molar-refractivity contribution in [3.8, 4) is 6.07 Å². The highest BCUT2D eigenvalue weighted by atomic mass is 35.5. The number of hydrogen-bond acceptors (Lipinski definition) is 5. The third-order valence-electron chi connectivity index (χ3n) is 7.37. The molecule has 2 aromatic rings. The Morgan fingerprint density at radius 3 is 2.86 bits per heavy atom. The molecular formula is C23H24ClF2N5O3S. The minimum absolute atomic E-state index is 0.0879. The van der Waals surface area contributed by atoms with Crippen LogP contribution in [-0.4, -0.2) is 58.2 Å². The molecule has 12 heteroatoms. The smallest absolute Gasteiger partial charge is 0.271 e. The molecule has 2 bridgehead atoms. The Bertz CT molecular complexity index is 1220. The van der Waals surface area contributed by atoms with Gasteiger partial charge in [-0.3, -0.25) is 14.4 Å². The Labute approximate surface area is 209 Å². The summed E-state index contributed by atoms with van der Waals surface area (Å²) in [5.74, 6) is -6.42. The Morgan fingerprint density at radius 2 is 2.17 bits per heavy atom. The summed E-state index contributed by atoms with van der Waals surface area (Å²) in [5, 5.41) is 17.1. The van der Waals surface area contributed by atoms with Gasteiger partial charge in [0.05, 0.1) is 27.2 Å². The number of piperidine rings is 3. The normalized spacial score (nSPS) is 28.4. The fourth-order valence-electron chi connectivity index (χ4n) is 5.68. The van der Waals surface area contributed by atoms with Gasteiger partial charge in [0.2, 0.25) is 11.8 Å². The second kappa shape index (κ2) is 9.06. The van der Waals surface area contributed by atoms with Gasteiger partial charge < -0.3 is 20.5 Å². The largest absolute Gasteiger partial charge is 0.356 e. The van der Waals surface area contributed by atoms with Gasteiger partial charge in [0.25, 0.3) is 11.8 Å². The van der Waals surface area contributed by atoms with E-state index >= 15 is 0 Å². The molecule has 0 spiro atoms. The number of hydrogen-bond donors (Lipinski definition) is 3. The molecule has 0 unspecified atom stereocenters. The van der Waals surface area contributed by atoms with Gasteiger partial charge in [0.15, 0.2) is 0 Å². The van der Waals surface area contributed by atoms with E-state index in [0.717, 1.165) is 11.1 Å². The zero-order valence-electron chi connectivity index (χ0n) is 18.7. The van der Waals surface area contributed by atoms with Gasteiger partial charge in [-0.25, -0.2) is 8.78 Å². The molecule has 8 nitrogen and oxygen atoms in total. The third kappa shape index (κ3) is 4.27. The number of H-pyrrole nitrogens is 1. The molecule has 2 aromatic heterocycles. The van der Waals surface area contributed by atoms with E-state index in [1.807, 2.05) is 6.07 Å². The number of amides is 3. The first-order valence-corrected chi connectivity index (χ1v) is 12.9. The number of carbonyl (C=O) groups excluding carboxylic acids is 3. The third-order valence-corrected chi connectivity index (χ3v) is 8.73. The van der Waals surface area contributed by atoms with E-state index in [1.165, 1.54) is 16.2 Å². The van der Waals surface area contributed by atoms with Crippen LogP contribution in [0.2, 0.25) is 5.02 Å². The molecule has 4 aliphatic rings. The van der Waals surface area contributed by atoms with Gasteiger partial charge in [-0.1, -0.05) is 11.6 Å². The summed E-state index contributed by atoms with van der Waals surface area (Å²) in [6.45, 7) is 0.567. The number of alkyl halides is 2. The highest BCUT2D eigenvalue weighted by Gasteiger charge is 2.60. The van der Waals surface area contributed by atoms with E-state index in [0.29, 0.717) is 29.9 Å². The summed E-state index contributed by atoms with van der Waals surface area (Å²) in [6.07, 6.45) is 1.41. The van der Waals surface area contributed by atoms with Crippen molar-refractivity contribution in [2.24, 2.45) is 11.8 Å². The van der Waals surface area contributed by atoms with E-state index in [9.17, 15) is 28.4 Å². The number of thiophene rings is 1. The van der Waals surface area contributed by atoms with Crippen molar-refractivity contribution in [1.82, 2.24) is 20.5 Å².